The minimum atomic E-state index is -1.42. The summed E-state index contributed by atoms with van der Waals surface area (Å²) in [6, 6.07) is 0. The highest BCUT2D eigenvalue weighted by Gasteiger charge is 2.08. The van der Waals surface area contributed by atoms with E-state index in [1.54, 1.807) is 13.1 Å². The van der Waals surface area contributed by atoms with Gasteiger partial charge in [-0.25, -0.2) is 0 Å². The number of aliphatic hydroxyl groups excluding tert-OH is 1. The van der Waals surface area contributed by atoms with Crippen molar-refractivity contribution in [1.29, 1.82) is 0 Å². The van der Waals surface area contributed by atoms with Gasteiger partial charge in [0.2, 0.25) is 6.41 Å². The molecule has 0 fully saturated rings. The van der Waals surface area contributed by atoms with Gasteiger partial charge in [0.25, 0.3) is 0 Å². The Labute approximate surface area is 85.7 Å². The van der Waals surface area contributed by atoms with Gasteiger partial charge in [0.05, 0.1) is 0 Å². The predicted molar refractivity (Wildman–Crippen MR) is 58.6 cm³/mol. The van der Waals surface area contributed by atoms with Gasteiger partial charge in [-0.15, -0.1) is 0 Å². The molecule has 0 amide bonds. The first kappa shape index (κ1) is 13.1. The summed E-state index contributed by atoms with van der Waals surface area (Å²) in [6.45, 7) is 8.01. The first-order chi connectivity index (χ1) is 6.52. The van der Waals surface area contributed by atoms with Crippen LogP contribution >= 0.6 is 0 Å². The van der Waals surface area contributed by atoms with Crippen LogP contribution in [0.15, 0.2) is 36.0 Å². The summed E-state index contributed by atoms with van der Waals surface area (Å²) < 4.78 is 0. The van der Waals surface area contributed by atoms with Crippen LogP contribution in [0, 0.1) is 0 Å². The van der Waals surface area contributed by atoms with Crippen LogP contribution in [0.2, 0.25) is 0 Å². The molecular weight excluding hydrogens is 178 g/mol. The summed E-state index contributed by atoms with van der Waals surface area (Å²) in [5.41, 5.74) is 2.13. The predicted octanol–water partition coefficient (Wildman–Crippen LogP) is 1.26. The minimum absolute atomic E-state index is 0.504. The molecule has 0 unspecified atom stereocenters. The van der Waals surface area contributed by atoms with Crippen molar-refractivity contribution < 1.29 is 10.2 Å². The van der Waals surface area contributed by atoms with E-state index in [2.05, 4.69) is 6.58 Å². The zero-order chi connectivity index (χ0) is 11.1. The second kappa shape index (κ2) is 6.54. The van der Waals surface area contributed by atoms with E-state index in [-0.39, 0.29) is 0 Å². The third kappa shape index (κ3) is 4.37. The molecule has 80 valence electrons. The van der Waals surface area contributed by atoms with Gasteiger partial charge in [0.15, 0.2) is 0 Å². The Morgan fingerprint density at radius 1 is 1.50 bits per heavy atom. The molecule has 0 aromatic heterocycles. The molecule has 0 saturated carbocycles. The van der Waals surface area contributed by atoms with E-state index < -0.39 is 6.41 Å². The Morgan fingerprint density at radius 2 is 2.07 bits per heavy atom. The first-order valence-electron chi connectivity index (χ1n) is 4.54. The van der Waals surface area contributed by atoms with Crippen molar-refractivity contribution in [3.8, 4) is 0 Å². The molecule has 0 aliphatic heterocycles. The molecule has 0 rings (SSSR count). The van der Waals surface area contributed by atoms with E-state index in [4.69, 9.17) is 10.2 Å². The van der Waals surface area contributed by atoms with Crippen molar-refractivity contribution in [3.63, 3.8) is 0 Å². The van der Waals surface area contributed by atoms with Crippen LogP contribution in [0.1, 0.15) is 13.8 Å². The lowest BCUT2D eigenvalue weighted by atomic mass is 10.1. The summed E-state index contributed by atoms with van der Waals surface area (Å²) in [4.78, 5) is 1.44. The van der Waals surface area contributed by atoms with Gasteiger partial charge in [0.1, 0.15) is 0 Å². The molecular formula is C11H19NO2. The summed E-state index contributed by atoms with van der Waals surface area (Å²) in [6.07, 6.45) is 4.15. The molecule has 3 nitrogen and oxygen atoms in total. The quantitative estimate of drug-likeness (QED) is 0.515. The first-order valence-corrected chi connectivity index (χ1v) is 4.54. The van der Waals surface area contributed by atoms with Crippen LogP contribution in [0.5, 0.6) is 0 Å². The second-order valence-electron chi connectivity index (χ2n) is 3.16. The number of hydrogen-bond acceptors (Lipinski definition) is 3. The Bertz CT molecular complexity index is 242. The Morgan fingerprint density at radius 3 is 2.43 bits per heavy atom. The molecule has 0 radical (unpaired) electrons. The van der Waals surface area contributed by atoms with Crippen LogP contribution in [0.25, 0.3) is 0 Å². The monoisotopic (exact) mass is 197 g/mol. The Balaban J connectivity index is 4.46. The lowest BCUT2D eigenvalue weighted by Crippen LogP contribution is -2.32. The number of aliphatic hydroxyl groups is 2. The fraction of sp³-hybridized carbons (Fsp3) is 0.455. The van der Waals surface area contributed by atoms with Gasteiger partial charge in [0, 0.05) is 6.54 Å². The van der Waals surface area contributed by atoms with Crippen LogP contribution in [-0.4, -0.2) is 35.1 Å². The van der Waals surface area contributed by atoms with Crippen molar-refractivity contribution in [3.05, 3.63) is 36.0 Å². The molecule has 0 aromatic carbocycles. The maximum absolute atomic E-state index is 8.89. The molecule has 0 aromatic rings. The zero-order valence-corrected chi connectivity index (χ0v) is 9.07. The van der Waals surface area contributed by atoms with E-state index in [0.717, 1.165) is 11.1 Å². The molecule has 0 heterocycles. The normalized spacial score (nSPS) is 13.9. The van der Waals surface area contributed by atoms with Crippen molar-refractivity contribution in [2.24, 2.45) is 0 Å². The third-order valence-corrected chi connectivity index (χ3v) is 2.04. The van der Waals surface area contributed by atoms with E-state index in [0.29, 0.717) is 6.54 Å². The standard InChI is InChI=1S/C11H19NO2/c1-5-7-9(3)10(6-2)8-12(4)11(13)14/h5-7,11,13-14H,1,8H2,2-4H3/b9-7-,10-6-. The summed E-state index contributed by atoms with van der Waals surface area (Å²) in [7, 11) is 1.65. The van der Waals surface area contributed by atoms with Gasteiger partial charge in [-0.2, -0.15) is 0 Å². The molecule has 14 heavy (non-hydrogen) atoms. The summed E-state index contributed by atoms with van der Waals surface area (Å²) >= 11 is 0. The fourth-order valence-corrected chi connectivity index (χ4v) is 1.08. The molecule has 0 atom stereocenters. The fourth-order valence-electron chi connectivity index (χ4n) is 1.08. The number of rotatable bonds is 5. The topological polar surface area (TPSA) is 43.7 Å². The molecule has 2 N–H and O–H groups in total. The average molecular weight is 197 g/mol. The number of allylic oxidation sites excluding steroid dienone is 3. The van der Waals surface area contributed by atoms with E-state index in [1.807, 2.05) is 26.0 Å². The summed E-state index contributed by atoms with van der Waals surface area (Å²) in [5, 5.41) is 17.8. The van der Waals surface area contributed by atoms with E-state index >= 15 is 0 Å². The summed E-state index contributed by atoms with van der Waals surface area (Å²) in [5.74, 6) is 0. The molecule has 0 saturated heterocycles. The average Bonchev–Trinajstić information content (AvgIpc) is 2.13. The van der Waals surface area contributed by atoms with Crippen molar-refractivity contribution in [2.45, 2.75) is 20.3 Å². The smallest absolute Gasteiger partial charge is 0.213 e. The van der Waals surface area contributed by atoms with Crippen molar-refractivity contribution in [2.75, 3.05) is 13.6 Å². The molecule has 0 aliphatic rings. The highest BCUT2D eigenvalue weighted by Crippen LogP contribution is 2.11. The van der Waals surface area contributed by atoms with Gasteiger partial charge in [-0.3, -0.25) is 4.90 Å². The zero-order valence-electron chi connectivity index (χ0n) is 9.07. The lowest BCUT2D eigenvalue weighted by molar-refractivity contribution is -0.141. The van der Waals surface area contributed by atoms with Gasteiger partial charge >= 0.3 is 0 Å². The SMILES string of the molecule is C=C/C=C(C)\C(=C/C)CN(C)C(O)O. The van der Waals surface area contributed by atoms with Crippen molar-refractivity contribution in [1.82, 2.24) is 4.90 Å². The van der Waals surface area contributed by atoms with Crippen LogP contribution in [0.4, 0.5) is 0 Å². The van der Waals surface area contributed by atoms with Gasteiger partial charge in [-0.1, -0.05) is 24.8 Å². The van der Waals surface area contributed by atoms with Gasteiger partial charge < -0.3 is 10.2 Å². The highest BCUT2D eigenvalue weighted by molar-refractivity contribution is 5.32. The number of hydrogen-bond donors (Lipinski definition) is 2. The highest BCUT2D eigenvalue weighted by atomic mass is 16.5. The molecule has 3 heteroatoms. The largest absolute Gasteiger partial charge is 0.356 e. The molecule has 0 spiro atoms. The number of likely N-dealkylation sites (N-methyl/N-ethyl adjacent to an activating group) is 1. The van der Waals surface area contributed by atoms with Crippen LogP contribution in [-0.2, 0) is 0 Å². The van der Waals surface area contributed by atoms with Crippen molar-refractivity contribution >= 4 is 0 Å². The molecule has 0 bridgehead atoms. The van der Waals surface area contributed by atoms with Crippen LogP contribution in [0.3, 0.4) is 0 Å². The third-order valence-electron chi connectivity index (χ3n) is 2.04. The Kier molecular flexibility index (Phi) is 6.12. The van der Waals surface area contributed by atoms with E-state index in [9.17, 15) is 0 Å². The maximum Gasteiger partial charge on any atom is 0.213 e. The molecule has 0 aliphatic carbocycles. The number of nitrogens with zero attached hydrogens (tertiary/aromatic N) is 1. The second-order valence-corrected chi connectivity index (χ2v) is 3.16. The maximum atomic E-state index is 8.89. The lowest BCUT2D eigenvalue weighted by Gasteiger charge is -2.20. The Hall–Kier alpha value is -0.900. The van der Waals surface area contributed by atoms with E-state index in [1.165, 1.54) is 4.90 Å². The van der Waals surface area contributed by atoms with Crippen LogP contribution < -0.4 is 0 Å². The minimum Gasteiger partial charge on any atom is -0.356 e. The van der Waals surface area contributed by atoms with Gasteiger partial charge in [-0.05, 0) is 32.0 Å².